The Labute approximate surface area is 119 Å². The van der Waals surface area contributed by atoms with Crippen LogP contribution in [-0.4, -0.2) is 5.91 Å². The number of carbonyl (C=O) groups excluding carboxylic acids is 1. The lowest BCUT2D eigenvalue weighted by molar-refractivity contribution is 0.102. The summed E-state index contributed by atoms with van der Waals surface area (Å²) in [5, 5.41) is 2.76. The number of hydrogen-bond acceptors (Lipinski definition) is 1. The lowest BCUT2D eigenvalue weighted by Gasteiger charge is -2.10. The normalized spacial score (nSPS) is 10.3. The van der Waals surface area contributed by atoms with Crippen LogP contribution in [0.2, 0.25) is 0 Å². The summed E-state index contributed by atoms with van der Waals surface area (Å²) in [4.78, 5) is 12.2. The minimum Gasteiger partial charge on any atom is -0.322 e. The quantitative estimate of drug-likeness (QED) is 0.869. The fourth-order valence-corrected chi connectivity index (χ4v) is 2.15. The maximum atomic E-state index is 13.1. The summed E-state index contributed by atoms with van der Waals surface area (Å²) < 4.78 is 13.4. The molecule has 0 aliphatic rings. The van der Waals surface area contributed by atoms with Crippen LogP contribution in [0.3, 0.4) is 0 Å². The minimum atomic E-state index is -0.357. The molecule has 1 amide bonds. The van der Waals surface area contributed by atoms with E-state index in [1.54, 1.807) is 12.1 Å². The summed E-state index contributed by atoms with van der Waals surface area (Å²) in [6, 6.07) is 9.96. The molecular weight excluding hydrogens is 309 g/mol. The molecule has 0 aromatic heterocycles. The van der Waals surface area contributed by atoms with Gasteiger partial charge >= 0.3 is 0 Å². The lowest BCUT2D eigenvalue weighted by atomic mass is 10.0. The average Bonchev–Trinajstić information content (AvgIpc) is 2.37. The Balaban J connectivity index is 2.26. The van der Waals surface area contributed by atoms with Crippen molar-refractivity contribution in [3.63, 3.8) is 0 Å². The van der Waals surface area contributed by atoms with Crippen LogP contribution in [-0.2, 0) is 0 Å². The first kappa shape index (κ1) is 13.7. The highest BCUT2D eigenvalue weighted by Crippen LogP contribution is 2.21. The maximum absolute atomic E-state index is 13.1. The van der Waals surface area contributed by atoms with Crippen LogP contribution >= 0.6 is 15.9 Å². The van der Waals surface area contributed by atoms with E-state index in [-0.39, 0.29) is 11.7 Å². The Kier molecular flexibility index (Phi) is 4.00. The molecule has 19 heavy (non-hydrogen) atoms. The first-order chi connectivity index (χ1) is 8.99. The van der Waals surface area contributed by atoms with E-state index >= 15 is 0 Å². The summed E-state index contributed by atoms with van der Waals surface area (Å²) in [6.45, 7) is 3.87. The highest BCUT2D eigenvalue weighted by atomic mass is 79.9. The lowest BCUT2D eigenvalue weighted by Crippen LogP contribution is -2.13. The Morgan fingerprint density at radius 2 is 1.95 bits per heavy atom. The Hall–Kier alpha value is -1.68. The van der Waals surface area contributed by atoms with Crippen LogP contribution in [0.4, 0.5) is 10.1 Å². The molecule has 0 spiro atoms. The van der Waals surface area contributed by atoms with Gasteiger partial charge in [0.1, 0.15) is 5.82 Å². The van der Waals surface area contributed by atoms with Gasteiger partial charge in [-0.2, -0.15) is 0 Å². The molecule has 0 saturated carbocycles. The molecule has 0 saturated heterocycles. The number of aryl methyl sites for hydroxylation is 1. The molecule has 0 aliphatic heterocycles. The van der Waals surface area contributed by atoms with Crippen molar-refractivity contribution in [3.8, 4) is 0 Å². The second-order valence-electron chi connectivity index (χ2n) is 4.33. The van der Waals surface area contributed by atoms with Crippen LogP contribution in [0.5, 0.6) is 0 Å². The van der Waals surface area contributed by atoms with Gasteiger partial charge in [-0.15, -0.1) is 0 Å². The number of anilines is 1. The largest absolute Gasteiger partial charge is 0.322 e. The molecule has 98 valence electrons. The first-order valence-electron chi connectivity index (χ1n) is 5.81. The summed E-state index contributed by atoms with van der Waals surface area (Å²) in [5.74, 6) is -0.551. The molecule has 2 rings (SSSR count). The SMILES string of the molecule is Cc1cccc(C(=O)Nc2ccc(F)c(Br)c2)c1C. The summed E-state index contributed by atoms with van der Waals surface area (Å²) in [7, 11) is 0. The number of amides is 1. The van der Waals surface area contributed by atoms with Crippen molar-refractivity contribution in [1.29, 1.82) is 0 Å². The van der Waals surface area contributed by atoms with Gasteiger partial charge in [0.05, 0.1) is 4.47 Å². The topological polar surface area (TPSA) is 29.1 Å². The molecule has 0 aliphatic carbocycles. The van der Waals surface area contributed by atoms with Crippen molar-refractivity contribution >= 4 is 27.5 Å². The molecule has 2 aromatic rings. The summed E-state index contributed by atoms with van der Waals surface area (Å²) in [6.07, 6.45) is 0. The zero-order valence-corrected chi connectivity index (χ0v) is 12.2. The van der Waals surface area contributed by atoms with Crippen molar-refractivity contribution in [2.24, 2.45) is 0 Å². The van der Waals surface area contributed by atoms with Crippen molar-refractivity contribution < 1.29 is 9.18 Å². The van der Waals surface area contributed by atoms with E-state index in [2.05, 4.69) is 21.2 Å². The van der Waals surface area contributed by atoms with E-state index in [0.717, 1.165) is 11.1 Å². The van der Waals surface area contributed by atoms with Gasteiger partial charge in [-0.1, -0.05) is 12.1 Å². The molecule has 0 bridgehead atoms. The number of nitrogens with one attached hydrogen (secondary N) is 1. The van der Waals surface area contributed by atoms with Crippen LogP contribution in [0, 0.1) is 19.7 Å². The van der Waals surface area contributed by atoms with Crippen LogP contribution in [0.15, 0.2) is 40.9 Å². The van der Waals surface area contributed by atoms with E-state index < -0.39 is 0 Å². The zero-order valence-electron chi connectivity index (χ0n) is 10.6. The zero-order chi connectivity index (χ0) is 14.0. The molecule has 0 atom stereocenters. The van der Waals surface area contributed by atoms with E-state index in [0.29, 0.717) is 15.7 Å². The molecule has 0 fully saturated rings. The Morgan fingerprint density at radius 1 is 1.21 bits per heavy atom. The number of halogens is 2. The van der Waals surface area contributed by atoms with Gasteiger partial charge in [-0.3, -0.25) is 4.79 Å². The molecule has 2 nitrogen and oxygen atoms in total. The third kappa shape index (κ3) is 3.01. The fraction of sp³-hybridized carbons (Fsp3) is 0.133. The van der Waals surface area contributed by atoms with E-state index in [4.69, 9.17) is 0 Å². The average molecular weight is 322 g/mol. The van der Waals surface area contributed by atoms with Crippen LogP contribution in [0.25, 0.3) is 0 Å². The second-order valence-corrected chi connectivity index (χ2v) is 5.18. The number of rotatable bonds is 2. The molecule has 1 N–H and O–H groups in total. The highest BCUT2D eigenvalue weighted by Gasteiger charge is 2.11. The molecule has 2 aromatic carbocycles. The van der Waals surface area contributed by atoms with Gasteiger partial charge in [-0.05, 0) is 65.2 Å². The van der Waals surface area contributed by atoms with Crippen molar-refractivity contribution in [2.45, 2.75) is 13.8 Å². The van der Waals surface area contributed by atoms with Crippen LogP contribution < -0.4 is 5.32 Å². The van der Waals surface area contributed by atoms with Gasteiger partial charge in [0, 0.05) is 11.3 Å². The van der Waals surface area contributed by atoms with E-state index in [9.17, 15) is 9.18 Å². The van der Waals surface area contributed by atoms with E-state index in [1.807, 2.05) is 26.0 Å². The number of carbonyl (C=O) groups is 1. The molecule has 4 heteroatoms. The number of benzene rings is 2. The summed E-state index contributed by atoms with van der Waals surface area (Å²) >= 11 is 3.09. The Bertz CT molecular complexity index is 640. The van der Waals surface area contributed by atoms with Gasteiger partial charge in [0.25, 0.3) is 5.91 Å². The highest BCUT2D eigenvalue weighted by molar-refractivity contribution is 9.10. The predicted octanol–water partition coefficient (Wildman–Crippen LogP) is 4.46. The van der Waals surface area contributed by atoms with Gasteiger partial charge in [0.2, 0.25) is 0 Å². The first-order valence-corrected chi connectivity index (χ1v) is 6.61. The number of hydrogen-bond donors (Lipinski definition) is 1. The summed E-state index contributed by atoms with van der Waals surface area (Å²) in [5.41, 5.74) is 3.19. The molecular formula is C15H13BrFNO. The fourth-order valence-electron chi connectivity index (χ4n) is 1.77. The molecule has 0 radical (unpaired) electrons. The maximum Gasteiger partial charge on any atom is 0.255 e. The van der Waals surface area contributed by atoms with Crippen molar-refractivity contribution in [3.05, 3.63) is 63.4 Å². The third-order valence-electron chi connectivity index (χ3n) is 3.03. The van der Waals surface area contributed by atoms with E-state index in [1.165, 1.54) is 12.1 Å². The van der Waals surface area contributed by atoms with Gasteiger partial charge in [0.15, 0.2) is 0 Å². The van der Waals surface area contributed by atoms with Crippen molar-refractivity contribution in [1.82, 2.24) is 0 Å². The standard InChI is InChI=1S/C15H13BrFNO/c1-9-4-3-5-12(10(9)2)15(19)18-11-6-7-14(17)13(16)8-11/h3-8H,1-2H3,(H,18,19). The van der Waals surface area contributed by atoms with Gasteiger partial charge < -0.3 is 5.32 Å². The monoisotopic (exact) mass is 321 g/mol. The second kappa shape index (κ2) is 5.53. The third-order valence-corrected chi connectivity index (χ3v) is 3.63. The van der Waals surface area contributed by atoms with Gasteiger partial charge in [-0.25, -0.2) is 4.39 Å². The van der Waals surface area contributed by atoms with Crippen LogP contribution in [0.1, 0.15) is 21.5 Å². The predicted molar refractivity (Wildman–Crippen MR) is 78.0 cm³/mol. The smallest absolute Gasteiger partial charge is 0.255 e. The minimum absolute atomic E-state index is 0.195. The molecule has 0 unspecified atom stereocenters. The van der Waals surface area contributed by atoms with Crippen molar-refractivity contribution in [2.75, 3.05) is 5.32 Å². The Morgan fingerprint density at radius 3 is 2.63 bits per heavy atom. The molecule has 0 heterocycles.